The maximum atomic E-state index is 10.4. The van der Waals surface area contributed by atoms with Crippen molar-refractivity contribution in [1.29, 1.82) is 0 Å². The molecule has 4 heteroatoms. The summed E-state index contributed by atoms with van der Waals surface area (Å²) in [4.78, 5) is 2.32. The third kappa shape index (κ3) is 3.40. The molecule has 3 fully saturated rings. The van der Waals surface area contributed by atoms with Crippen LogP contribution in [0.25, 0.3) is 0 Å². The van der Waals surface area contributed by atoms with Crippen molar-refractivity contribution in [2.75, 3.05) is 26.2 Å². The first kappa shape index (κ1) is 18.6. The average Bonchev–Trinajstić information content (AvgIpc) is 2.79. The van der Waals surface area contributed by atoms with Gasteiger partial charge in [0.15, 0.2) is 0 Å². The van der Waals surface area contributed by atoms with E-state index in [4.69, 9.17) is 9.47 Å². The molecule has 2 bridgehead atoms. The van der Waals surface area contributed by atoms with Gasteiger partial charge in [0.05, 0.1) is 24.4 Å². The molecule has 0 aromatic carbocycles. The van der Waals surface area contributed by atoms with Crippen LogP contribution in [0.1, 0.15) is 60.3 Å². The normalized spacial score (nSPS) is 43.2. The maximum absolute atomic E-state index is 10.4. The smallest absolute Gasteiger partial charge is 0.0689 e. The van der Waals surface area contributed by atoms with E-state index in [1.807, 2.05) is 0 Å². The SMILES string of the molecule is CC1CN(CC(O)CCOC2CC3CCC2(C)C3(C)C)CC(C)O1. The van der Waals surface area contributed by atoms with E-state index in [-0.39, 0.29) is 18.3 Å². The predicted octanol–water partition coefficient (Wildman–Crippen LogP) is 3.08. The maximum Gasteiger partial charge on any atom is 0.0689 e. The van der Waals surface area contributed by atoms with Crippen LogP contribution in [0.4, 0.5) is 0 Å². The molecule has 1 saturated heterocycles. The van der Waals surface area contributed by atoms with Gasteiger partial charge in [0.1, 0.15) is 0 Å². The number of aliphatic hydroxyl groups is 1. The van der Waals surface area contributed by atoms with Crippen LogP contribution < -0.4 is 0 Å². The number of hydrogen-bond donors (Lipinski definition) is 1. The van der Waals surface area contributed by atoms with Crippen LogP contribution in [0.5, 0.6) is 0 Å². The third-order valence-corrected chi connectivity index (χ3v) is 7.45. The number of β-amino-alcohol motifs (C(OH)–C–C–N with tert-alkyl or cyclic N) is 1. The number of aliphatic hydroxyl groups excluding tert-OH is 1. The van der Waals surface area contributed by atoms with Gasteiger partial charge in [-0.3, -0.25) is 4.90 Å². The lowest BCUT2D eigenvalue weighted by Crippen LogP contribution is -2.48. The first-order valence-corrected chi connectivity index (χ1v) is 9.90. The van der Waals surface area contributed by atoms with Gasteiger partial charge in [-0.05, 0) is 56.3 Å². The van der Waals surface area contributed by atoms with Crippen LogP contribution in [-0.2, 0) is 9.47 Å². The summed E-state index contributed by atoms with van der Waals surface area (Å²) in [5.41, 5.74) is 0.716. The fourth-order valence-corrected chi connectivity index (χ4v) is 5.55. The molecule has 140 valence electrons. The Morgan fingerprint density at radius 3 is 2.42 bits per heavy atom. The summed E-state index contributed by atoms with van der Waals surface area (Å²) in [6.07, 6.45) is 5.18. The van der Waals surface area contributed by atoms with E-state index < -0.39 is 0 Å². The Balaban J connectivity index is 1.41. The van der Waals surface area contributed by atoms with Crippen LogP contribution in [0, 0.1) is 16.7 Å². The van der Waals surface area contributed by atoms with Gasteiger partial charge in [0.25, 0.3) is 0 Å². The third-order valence-electron chi connectivity index (χ3n) is 7.45. The second kappa shape index (κ2) is 6.86. The predicted molar refractivity (Wildman–Crippen MR) is 96.0 cm³/mol. The van der Waals surface area contributed by atoms with E-state index >= 15 is 0 Å². The van der Waals surface area contributed by atoms with E-state index in [0.29, 0.717) is 23.5 Å². The minimum absolute atomic E-state index is 0.258. The number of hydrogen-bond acceptors (Lipinski definition) is 4. The molecule has 24 heavy (non-hydrogen) atoms. The Labute approximate surface area is 147 Å². The quantitative estimate of drug-likeness (QED) is 0.807. The molecule has 0 spiro atoms. The molecule has 1 heterocycles. The van der Waals surface area contributed by atoms with Gasteiger partial charge in [0, 0.05) is 26.2 Å². The van der Waals surface area contributed by atoms with E-state index in [0.717, 1.165) is 32.0 Å². The van der Waals surface area contributed by atoms with Gasteiger partial charge in [-0.2, -0.15) is 0 Å². The molecular weight excluding hydrogens is 302 g/mol. The van der Waals surface area contributed by atoms with E-state index in [1.54, 1.807) is 0 Å². The van der Waals surface area contributed by atoms with Gasteiger partial charge in [-0.15, -0.1) is 0 Å². The van der Waals surface area contributed by atoms with E-state index in [2.05, 4.69) is 39.5 Å². The number of ether oxygens (including phenoxy) is 2. The van der Waals surface area contributed by atoms with Crippen molar-refractivity contribution in [3.8, 4) is 0 Å². The fourth-order valence-electron chi connectivity index (χ4n) is 5.55. The second-order valence-electron chi connectivity index (χ2n) is 9.39. The lowest BCUT2D eigenvalue weighted by molar-refractivity contribution is -0.0825. The van der Waals surface area contributed by atoms with Crippen molar-refractivity contribution in [1.82, 2.24) is 4.90 Å². The van der Waals surface area contributed by atoms with Crippen LogP contribution in [0.3, 0.4) is 0 Å². The molecule has 2 saturated carbocycles. The van der Waals surface area contributed by atoms with Crippen LogP contribution >= 0.6 is 0 Å². The molecule has 3 aliphatic rings. The molecular formula is C20H37NO3. The topological polar surface area (TPSA) is 41.9 Å². The number of rotatable bonds is 6. The van der Waals surface area contributed by atoms with Crippen molar-refractivity contribution in [3.05, 3.63) is 0 Å². The molecule has 1 N–H and O–H groups in total. The van der Waals surface area contributed by atoms with Crippen LogP contribution in [0.15, 0.2) is 0 Å². The summed E-state index contributed by atoms with van der Waals surface area (Å²) in [5, 5.41) is 10.4. The van der Waals surface area contributed by atoms with Crippen molar-refractivity contribution in [3.63, 3.8) is 0 Å². The van der Waals surface area contributed by atoms with Crippen LogP contribution in [0.2, 0.25) is 0 Å². The first-order chi connectivity index (χ1) is 11.2. The Kier molecular flexibility index (Phi) is 5.33. The van der Waals surface area contributed by atoms with E-state index in [1.165, 1.54) is 19.3 Å². The number of fused-ring (bicyclic) bond motifs is 2. The monoisotopic (exact) mass is 339 g/mol. The summed E-state index contributed by atoms with van der Waals surface area (Å²) >= 11 is 0. The summed E-state index contributed by atoms with van der Waals surface area (Å²) < 4.78 is 12.0. The Morgan fingerprint density at radius 1 is 1.21 bits per heavy atom. The molecule has 0 aromatic heterocycles. The van der Waals surface area contributed by atoms with Crippen molar-refractivity contribution in [2.24, 2.45) is 16.7 Å². The minimum atomic E-state index is -0.304. The van der Waals surface area contributed by atoms with Gasteiger partial charge in [-0.25, -0.2) is 0 Å². The highest BCUT2D eigenvalue weighted by atomic mass is 16.5. The number of morpholine rings is 1. The van der Waals surface area contributed by atoms with Crippen molar-refractivity contribution >= 4 is 0 Å². The first-order valence-electron chi connectivity index (χ1n) is 9.90. The highest BCUT2D eigenvalue weighted by Crippen LogP contribution is 2.66. The molecule has 6 atom stereocenters. The Morgan fingerprint density at radius 2 is 1.88 bits per heavy atom. The lowest BCUT2D eigenvalue weighted by atomic mass is 9.70. The summed E-state index contributed by atoms with van der Waals surface area (Å²) in [5.74, 6) is 0.814. The highest BCUT2D eigenvalue weighted by molar-refractivity contribution is 5.11. The van der Waals surface area contributed by atoms with Gasteiger partial charge < -0.3 is 14.6 Å². The number of nitrogens with zero attached hydrogens (tertiary/aromatic N) is 1. The van der Waals surface area contributed by atoms with E-state index in [9.17, 15) is 5.11 Å². The van der Waals surface area contributed by atoms with Gasteiger partial charge >= 0.3 is 0 Å². The molecule has 0 aromatic rings. The zero-order valence-electron chi connectivity index (χ0n) is 16.3. The standard InChI is InChI=1S/C20H37NO3/c1-14-11-21(12-15(2)24-14)13-17(22)7-9-23-18-10-16-6-8-20(18,5)19(16,3)4/h14-18,22H,6-13H2,1-5H3. The summed E-state index contributed by atoms with van der Waals surface area (Å²) in [7, 11) is 0. The zero-order chi connectivity index (χ0) is 17.5. The molecule has 4 nitrogen and oxygen atoms in total. The molecule has 1 aliphatic heterocycles. The second-order valence-corrected chi connectivity index (χ2v) is 9.39. The highest BCUT2D eigenvalue weighted by Gasteiger charge is 2.61. The zero-order valence-corrected chi connectivity index (χ0v) is 16.3. The molecule has 3 rings (SSSR count). The Hall–Kier alpha value is -0.160. The summed E-state index contributed by atoms with van der Waals surface area (Å²) in [6.45, 7) is 14.7. The van der Waals surface area contributed by atoms with Gasteiger partial charge in [-0.1, -0.05) is 20.8 Å². The lowest BCUT2D eigenvalue weighted by Gasteiger charge is -2.39. The summed E-state index contributed by atoms with van der Waals surface area (Å²) in [6, 6.07) is 0. The largest absolute Gasteiger partial charge is 0.392 e. The van der Waals surface area contributed by atoms with Gasteiger partial charge in [0.2, 0.25) is 0 Å². The minimum Gasteiger partial charge on any atom is -0.392 e. The molecule has 0 amide bonds. The average molecular weight is 340 g/mol. The fraction of sp³-hybridized carbons (Fsp3) is 1.00. The molecule has 2 aliphatic carbocycles. The molecule has 6 unspecified atom stereocenters. The van der Waals surface area contributed by atoms with Crippen molar-refractivity contribution < 1.29 is 14.6 Å². The molecule has 0 radical (unpaired) electrons. The Bertz CT molecular complexity index is 431. The van der Waals surface area contributed by atoms with Crippen LogP contribution in [-0.4, -0.2) is 60.7 Å². The van der Waals surface area contributed by atoms with Crippen molar-refractivity contribution in [2.45, 2.75) is 84.7 Å².